The largest absolute Gasteiger partial charge is 0.507 e. The van der Waals surface area contributed by atoms with E-state index in [9.17, 15) is 5.11 Å². The van der Waals surface area contributed by atoms with E-state index < -0.39 is 0 Å². The molecule has 3 aromatic rings. The van der Waals surface area contributed by atoms with Crippen LogP contribution in [-0.2, 0) is 0 Å². The van der Waals surface area contributed by atoms with Crippen molar-refractivity contribution >= 4 is 16.5 Å². The van der Waals surface area contributed by atoms with Crippen molar-refractivity contribution in [1.82, 2.24) is 25.3 Å². The molecule has 3 fully saturated rings. The standard InChI is InChI=1S/C21H26N6OS/c1-21-7-6-15(26(2)12-21)9-18(21)27(3)20-25-24-19(29-20)16-5-4-13(8-17(16)28)14-10-22-23-11-14/h4-5,8,10-11,15,18,28H,6-7,9,12H2,1-3H3,(H,22,23)/t15?,18-,21+/m0/s1. The Balaban J connectivity index is 1.40. The van der Waals surface area contributed by atoms with Gasteiger partial charge in [0.25, 0.3) is 0 Å². The molecule has 29 heavy (non-hydrogen) atoms. The third-order valence-electron chi connectivity index (χ3n) is 6.83. The summed E-state index contributed by atoms with van der Waals surface area (Å²) in [5.41, 5.74) is 2.84. The van der Waals surface area contributed by atoms with Crippen molar-refractivity contribution in [1.29, 1.82) is 0 Å². The summed E-state index contributed by atoms with van der Waals surface area (Å²) in [6, 6.07) is 6.76. The van der Waals surface area contributed by atoms with Crippen molar-refractivity contribution in [3.8, 4) is 27.4 Å². The summed E-state index contributed by atoms with van der Waals surface area (Å²) in [6.45, 7) is 3.54. The topological polar surface area (TPSA) is 81.2 Å². The molecule has 1 aliphatic carbocycles. The fourth-order valence-corrected chi connectivity index (χ4v) is 6.02. The molecule has 2 aliphatic heterocycles. The van der Waals surface area contributed by atoms with Gasteiger partial charge >= 0.3 is 0 Å². The average Bonchev–Trinajstić information content (AvgIpc) is 3.39. The molecule has 2 aromatic heterocycles. The number of H-pyrrole nitrogens is 1. The fourth-order valence-electron chi connectivity index (χ4n) is 5.13. The molecule has 2 saturated heterocycles. The zero-order chi connectivity index (χ0) is 20.2. The number of hydrogen-bond donors (Lipinski definition) is 2. The van der Waals surface area contributed by atoms with Crippen LogP contribution in [0.2, 0.25) is 0 Å². The van der Waals surface area contributed by atoms with Gasteiger partial charge in [0.15, 0.2) is 5.01 Å². The zero-order valence-corrected chi connectivity index (χ0v) is 17.8. The first-order valence-electron chi connectivity index (χ1n) is 10.0. The van der Waals surface area contributed by atoms with E-state index in [2.05, 4.69) is 51.2 Å². The normalized spacial score (nSPS) is 26.7. The number of nitrogens with one attached hydrogen (secondary N) is 1. The maximum Gasteiger partial charge on any atom is 0.208 e. The van der Waals surface area contributed by atoms with Crippen LogP contribution in [0.15, 0.2) is 30.6 Å². The molecule has 7 nitrogen and oxygen atoms in total. The molecule has 0 amide bonds. The van der Waals surface area contributed by atoms with Gasteiger partial charge in [-0.1, -0.05) is 24.3 Å². The Morgan fingerprint density at radius 1 is 1.31 bits per heavy atom. The highest BCUT2D eigenvalue weighted by Gasteiger charge is 2.49. The van der Waals surface area contributed by atoms with Crippen LogP contribution in [0.4, 0.5) is 5.13 Å². The van der Waals surface area contributed by atoms with Crippen LogP contribution < -0.4 is 4.90 Å². The number of fused-ring (bicyclic) bond motifs is 3. The van der Waals surface area contributed by atoms with Gasteiger partial charge in [-0.2, -0.15) is 5.10 Å². The average molecular weight is 411 g/mol. The Hall–Kier alpha value is -2.45. The lowest BCUT2D eigenvalue weighted by Gasteiger charge is -2.57. The van der Waals surface area contributed by atoms with Crippen LogP contribution in [0, 0.1) is 5.41 Å². The number of rotatable bonds is 4. The van der Waals surface area contributed by atoms with E-state index in [-0.39, 0.29) is 11.2 Å². The van der Waals surface area contributed by atoms with Crippen molar-refractivity contribution in [2.75, 3.05) is 25.5 Å². The molecule has 2 N–H and O–H groups in total. The second kappa shape index (κ2) is 6.81. The Kier molecular flexibility index (Phi) is 4.36. The van der Waals surface area contributed by atoms with Gasteiger partial charge in [-0.15, -0.1) is 10.2 Å². The quantitative estimate of drug-likeness (QED) is 0.684. The first-order valence-corrected chi connectivity index (χ1v) is 10.9. The Bertz CT molecular complexity index is 1020. The number of aromatic hydroxyl groups is 1. The van der Waals surface area contributed by atoms with E-state index in [4.69, 9.17) is 0 Å². The van der Waals surface area contributed by atoms with E-state index in [1.54, 1.807) is 23.6 Å². The van der Waals surface area contributed by atoms with E-state index in [1.807, 2.05) is 18.3 Å². The van der Waals surface area contributed by atoms with Crippen LogP contribution in [0.25, 0.3) is 21.7 Å². The predicted octanol–water partition coefficient (Wildman–Crippen LogP) is 3.61. The minimum Gasteiger partial charge on any atom is -0.507 e. The summed E-state index contributed by atoms with van der Waals surface area (Å²) in [7, 11) is 4.39. The van der Waals surface area contributed by atoms with Crippen LogP contribution in [0.3, 0.4) is 0 Å². The number of aromatic amines is 1. The summed E-state index contributed by atoms with van der Waals surface area (Å²) in [5.74, 6) is 0.208. The highest BCUT2D eigenvalue weighted by atomic mass is 32.1. The molecule has 1 aromatic carbocycles. The SMILES string of the molecule is CN1C[C@@]2(C)CCC1C[C@@H]2N(C)c1nnc(-c2ccc(-c3cn[nH]c3)cc2O)s1. The van der Waals surface area contributed by atoms with Crippen molar-refractivity contribution in [2.45, 2.75) is 38.3 Å². The maximum absolute atomic E-state index is 10.6. The summed E-state index contributed by atoms with van der Waals surface area (Å²) in [6.07, 6.45) is 7.27. The summed E-state index contributed by atoms with van der Waals surface area (Å²) in [4.78, 5) is 4.83. The van der Waals surface area contributed by atoms with Gasteiger partial charge in [-0.25, -0.2) is 0 Å². The van der Waals surface area contributed by atoms with E-state index >= 15 is 0 Å². The molecule has 0 spiro atoms. The molecule has 1 saturated carbocycles. The van der Waals surface area contributed by atoms with Gasteiger partial charge in [0.2, 0.25) is 5.13 Å². The van der Waals surface area contributed by atoms with Gasteiger partial charge in [0, 0.05) is 42.9 Å². The first kappa shape index (κ1) is 18.6. The second-order valence-corrected chi connectivity index (χ2v) is 9.69. The number of phenols is 1. The van der Waals surface area contributed by atoms with Gasteiger partial charge < -0.3 is 14.9 Å². The number of aromatic nitrogens is 4. The lowest BCUT2D eigenvalue weighted by Crippen LogP contribution is -2.62. The Labute approximate surface area is 174 Å². The molecule has 4 heterocycles. The number of benzene rings is 1. The third-order valence-corrected chi connectivity index (χ3v) is 7.87. The van der Waals surface area contributed by atoms with E-state index in [0.29, 0.717) is 17.6 Å². The smallest absolute Gasteiger partial charge is 0.208 e. The predicted molar refractivity (Wildman–Crippen MR) is 115 cm³/mol. The highest BCUT2D eigenvalue weighted by Crippen LogP contribution is 2.47. The zero-order valence-electron chi connectivity index (χ0n) is 17.0. The van der Waals surface area contributed by atoms with Crippen molar-refractivity contribution in [2.24, 2.45) is 5.41 Å². The first-order chi connectivity index (χ1) is 13.9. The highest BCUT2D eigenvalue weighted by molar-refractivity contribution is 7.18. The number of nitrogens with zero attached hydrogens (tertiary/aromatic N) is 5. The summed E-state index contributed by atoms with van der Waals surface area (Å²) >= 11 is 1.54. The molecule has 1 unspecified atom stereocenters. The van der Waals surface area contributed by atoms with E-state index in [1.165, 1.54) is 19.3 Å². The fraction of sp³-hybridized carbons (Fsp3) is 0.476. The van der Waals surface area contributed by atoms with Crippen molar-refractivity contribution in [3.63, 3.8) is 0 Å². The third kappa shape index (κ3) is 3.11. The molecule has 152 valence electrons. The summed E-state index contributed by atoms with van der Waals surface area (Å²) < 4.78 is 0. The van der Waals surface area contributed by atoms with Gasteiger partial charge in [0.1, 0.15) is 5.75 Å². The number of phenolic OH excluding ortho intramolecular Hbond substituents is 1. The van der Waals surface area contributed by atoms with Gasteiger partial charge in [0.05, 0.1) is 11.8 Å². The number of hydrogen-bond acceptors (Lipinski definition) is 7. The van der Waals surface area contributed by atoms with E-state index in [0.717, 1.165) is 27.8 Å². The van der Waals surface area contributed by atoms with Crippen LogP contribution in [0.1, 0.15) is 26.2 Å². The molecular formula is C21H26N6OS. The summed E-state index contributed by atoms with van der Waals surface area (Å²) in [5, 5.41) is 27.9. The molecular weight excluding hydrogens is 384 g/mol. The molecule has 3 atom stereocenters. The Morgan fingerprint density at radius 2 is 2.17 bits per heavy atom. The number of piperidine rings is 2. The van der Waals surface area contributed by atoms with Crippen LogP contribution in [-0.4, -0.2) is 63.1 Å². The molecule has 8 heteroatoms. The maximum atomic E-state index is 10.6. The van der Waals surface area contributed by atoms with Crippen molar-refractivity contribution in [3.05, 3.63) is 30.6 Å². The van der Waals surface area contributed by atoms with Gasteiger partial charge in [-0.3, -0.25) is 5.10 Å². The minimum atomic E-state index is 0.208. The molecule has 2 bridgehead atoms. The monoisotopic (exact) mass is 410 g/mol. The van der Waals surface area contributed by atoms with Crippen molar-refractivity contribution < 1.29 is 5.11 Å². The molecule has 0 radical (unpaired) electrons. The minimum absolute atomic E-state index is 0.208. The number of anilines is 1. The lowest BCUT2D eigenvalue weighted by molar-refractivity contribution is -0.0114. The van der Waals surface area contributed by atoms with Crippen LogP contribution >= 0.6 is 11.3 Å². The second-order valence-electron chi connectivity index (χ2n) is 8.73. The molecule has 3 aliphatic rings. The molecule has 6 rings (SSSR count). The lowest BCUT2D eigenvalue weighted by atomic mass is 9.65. The Morgan fingerprint density at radius 3 is 2.86 bits per heavy atom. The van der Waals surface area contributed by atoms with Crippen LogP contribution in [0.5, 0.6) is 5.75 Å². The van der Waals surface area contributed by atoms with Gasteiger partial charge in [-0.05, 0) is 44.0 Å².